The van der Waals surface area contributed by atoms with Gasteiger partial charge in [0.15, 0.2) is 12.2 Å². The molecule has 0 heterocycles. The molecule has 0 bridgehead atoms. The SMILES string of the molecule is CC/C=C\C/C=C\C/C=C\C/C=C\C/C=C\CCCCCC(=O)OCC(COP(=O)(O)OCC(O)COP(=O)(O)OCC(COC(=O)CCCCCCCC/C=C\C/C=C\C/C=C\C/C=C\CC)OC(=O)CCCCCCC/C=C\CCCCCCCC)OC(=O)CCCC/C=C\C/C=C\C/C=C\C/C=C\CC. The molecule has 0 aliphatic carbocycles. The normalized spacial score (nSPS) is 14.7. The smallest absolute Gasteiger partial charge is 0.462 e. The largest absolute Gasteiger partial charge is 0.472 e. The first-order valence-corrected chi connectivity index (χ1v) is 44.4. The number of rotatable bonds is 76. The molecule has 0 aromatic rings. The lowest BCUT2D eigenvalue weighted by molar-refractivity contribution is -0.161. The lowest BCUT2D eigenvalue weighted by Crippen LogP contribution is -2.30. The quantitative estimate of drug-likeness (QED) is 0.0169. The molecule has 5 atom stereocenters. The van der Waals surface area contributed by atoms with Crippen molar-refractivity contribution in [1.29, 1.82) is 0 Å². The highest BCUT2D eigenvalue weighted by Gasteiger charge is 2.30. The maximum Gasteiger partial charge on any atom is 0.472 e. The lowest BCUT2D eigenvalue weighted by atomic mass is 10.1. The summed E-state index contributed by atoms with van der Waals surface area (Å²) in [6, 6.07) is 0. The minimum atomic E-state index is -5.01. The van der Waals surface area contributed by atoms with E-state index in [1.165, 1.54) is 38.5 Å². The number of aliphatic hydroxyl groups excluding tert-OH is 1. The molecule has 19 heteroatoms. The number of allylic oxidation sites excluding steroid dienone is 28. The fourth-order valence-electron chi connectivity index (χ4n) is 10.5. The molecule has 0 rings (SSSR count). The Hall–Kier alpha value is -5.58. The van der Waals surface area contributed by atoms with E-state index in [9.17, 15) is 43.2 Å². The predicted octanol–water partition coefficient (Wildman–Crippen LogP) is 24.6. The number of hydrogen-bond donors (Lipinski definition) is 3. The second-order valence-electron chi connectivity index (χ2n) is 26.9. The molecule has 0 saturated heterocycles. The average Bonchev–Trinajstić information content (AvgIpc) is 0.923. The van der Waals surface area contributed by atoms with Crippen LogP contribution < -0.4 is 0 Å². The minimum absolute atomic E-state index is 0.0288. The van der Waals surface area contributed by atoms with Crippen molar-refractivity contribution in [3.05, 3.63) is 170 Å². The van der Waals surface area contributed by atoms with Crippen LogP contribution in [0.5, 0.6) is 0 Å². The van der Waals surface area contributed by atoms with E-state index in [1.54, 1.807) is 0 Å². The van der Waals surface area contributed by atoms with Gasteiger partial charge < -0.3 is 33.8 Å². The van der Waals surface area contributed by atoms with Gasteiger partial charge in [-0.1, -0.05) is 281 Å². The third kappa shape index (κ3) is 78.5. The van der Waals surface area contributed by atoms with Gasteiger partial charge in [0.05, 0.1) is 26.4 Å². The van der Waals surface area contributed by atoms with E-state index in [4.69, 9.17) is 37.0 Å². The van der Waals surface area contributed by atoms with Crippen LogP contribution in [0.3, 0.4) is 0 Å². The zero-order valence-electron chi connectivity index (χ0n) is 67.2. The van der Waals surface area contributed by atoms with E-state index in [0.29, 0.717) is 32.1 Å². The molecule has 108 heavy (non-hydrogen) atoms. The molecular weight excluding hydrogens is 1400 g/mol. The third-order valence-corrected chi connectivity index (χ3v) is 18.6. The first-order valence-electron chi connectivity index (χ1n) is 41.4. The lowest BCUT2D eigenvalue weighted by Gasteiger charge is -2.21. The van der Waals surface area contributed by atoms with Crippen molar-refractivity contribution < 1.29 is 80.2 Å². The Kier molecular flexibility index (Phi) is 75.4. The van der Waals surface area contributed by atoms with Crippen LogP contribution in [0.4, 0.5) is 0 Å². The monoisotopic (exact) mass is 1550 g/mol. The number of esters is 4. The van der Waals surface area contributed by atoms with E-state index in [1.807, 2.05) is 0 Å². The van der Waals surface area contributed by atoms with E-state index in [0.717, 1.165) is 186 Å². The van der Waals surface area contributed by atoms with Crippen molar-refractivity contribution in [3.63, 3.8) is 0 Å². The van der Waals surface area contributed by atoms with E-state index in [-0.39, 0.29) is 25.7 Å². The predicted molar refractivity (Wildman–Crippen MR) is 445 cm³/mol. The maximum atomic E-state index is 13.1. The van der Waals surface area contributed by atoms with Gasteiger partial charge in [-0.2, -0.15) is 0 Å². The Balaban J connectivity index is 5.45. The number of phosphoric ester groups is 2. The van der Waals surface area contributed by atoms with Crippen LogP contribution in [-0.2, 0) is 65.4 Å². The summed E-state index contributed by atoms with van der Waals surface area (Å²) in [6.07, 6.45) is 94.7. The van der Waals surface area contributed by atoms with Crippen LogP contribution in [0, 0.1) is 0 Å². The Morgan fingerprint density at radius 1 is 0.269 bits per heavy atom. The number of phosphoric acid groups is 2. The van der Waals surface area contributed by atoms with Crippen LogP contribution in [0.1, 0.15) is 310 Å². The van der Waals surface area contributed by atoms with Gasteiger partial charge in [-0.15, -0.1) is 0 Å². The Morgan fingerprint density at radius 3 is 0.778 bits per heavy atom. The minimum Gasteiger partial charge on any atom is -0.462 e. The molecule has 0 aromatic carbocycles. The standard InChI is InChI=1S/C89H146O17P2/c1-5-9-13-17-21-25-29-33-37-39-41-43-47-49-53-57-61-65-69-73-86(91)99-79-84(105-88(93)75-71-67-63-59-55-51-45-35-31-27-23-19-15-11-7-3)81-103-107(95,96)101-77-83(90)78-102-108(97,98)104-82-85(106-89(94)76-72-68-64-60-56-52-46-36-32-28-24-20-16-12-8-4)80-100-87(92)74-70-66-62-58-54-50-48-44-42-40-38-34-30-26-22-18-14-10-6-2/h9-11,13-15,21-23,25-27,33-38,41-46,49,53,55,59,83-85,90H,5-8,12,16-20,24,28-32,39-40,47-48,50-52,54,56-58,60-82H2,1-4H3,(H,95,96)(H,97,98)/b13-9-,14-10-,15-11-,25-21-,26-22-,27-23-,37-33-,38-34-,43-41-,44-42-,45-35-,46-36-,53-49-,59-55-. The number of unbranched alkanes of at least 4 members (excludes halogenated alkanes) is 22. The summed E-state index contributed by atoms with van der Waals surface area (Å²) < 4.78 is 68.6. The molecule has 0 saturated carbocycles. The summed E-state index contributed by atoms with van der Waals surface area (Å²) in [7, 11) is -10.0. The summed E-state index contributed by atoms with van der Waals surface area (Å²) in [5, 5.41) is 10.7. The van der Waals surface area contributed by atoms with Gasteiger partial charge in [-0.3, -0.25) is 37.3 Å². The molecule has 17 nitrogen and oxygen atoms in total. The molecular formula is C89H146O17P2. The van der Waals surface area contributed by atoms with Gasteiger partial charge in [0.25, 0.3) is 0 Å². The number of hydrogen-bond acceptors (Lipinski definition) is 15. The zero-order valence-corrected chi connectivity index (χ0v) is 69.0. The summed E-state index contributed by atoms with van der Waals surface area (Å²) >= 11 is 0. The van der Waals surface area contributed by atoms with Crippen LogP contribution in [0.2, 0.25) is 0 Å². The first kappa shape index (κ1) is 102. The van der Waals surface area contributed by atoms with Crippen molar-refractivity contribution in [2.45, 2.75) is 329 Å². The Labute approximate surface area is 654 Å². The van der Waals surface area contributed by atoms with E-state index in [2.05, 4.69) is 198 Å². The van der Waals surface area contributed by atoms with Crippen LogP contribution in [0.15, 0.2) is 170 Å². The van der Waals surface area contributed by atoms with Gasteiger partial charge in [0, 0.05) is 25.7 Å². The fourth-order valence-corrected chi connectivity index (χ4v) is 12.0. The molecule has 0 aliphatic heterocycles. The first-order chi connectivity index (χ1) is 52.7. The number of carbonyl (C=O) groups excluding carboxylic acids is 4. The Bertz CT molecular complexity index is 2710. The van der Waals surface area contributed by atoms with Gasteiger partial charge in [0.1, 0.15) is 19.3 Å². The number of aliphatic hydroxyl groups is 1. The molecule has 614 valence electrons. The van der Waals surface area contributed by atoms with Crippen molar-refractivity contribution >= 4 is 39.5 Å². The summed E-state index contributed by atoms with van der Waals surface area (Å²) in [4.78, 5) is 73.2. The van der Waals surface area contributed by atoms with Gasteiger partial charge in [-0.05, 0) is 173 Å². The van der Waals surface area contributed by atoms with Crippen molar-refractivity contribution in [2.24, 2.45) is 0 Å². The summed E-state index contributed by atoms with van der Waals surface area (Å²) in [6.45, 7) is 4.42. The molecule has 0 amide bonds. The van der Waals surface area contributed by atoms with Crippen molar-refractivity contribution in [2.75, 3.05) is 39.6 Å². The second-order valence-corrected chi connectivity index (χ2v) is 29.8. The highest BCUT2D eigenvalue weighted by molar-refractivity contribution is 7.47. The van der Waals surface area contributed by atoms with Gasteiger partial charge >= 0.3 is 39.5 Å². The highest BCUT2D eigenvalue weighted by atomic mass is 31.2. The second kappa shape index (κ2) is 79.5. The fraction of sp³-hybridized carbons (Fsp3) is 0.640. The molecule has 0 fully saturated rings. The molecule has 0 aliphatic rings. The van der Waals surface area contributed by atoms with Crippen molar-refractivity contribution in [1.82, 2.24) is 0 Å². The van der Waals surface area contributed by atoms with Crippen molar-refractivity contribution in [3.8, 4) is 0 Å². The van der Waals surface area contributed by atoms with E-state index >= 15 is 0 Å². The number of ether oxygens (including phenoxy) is 4. The zero-order chi connectivity index (χ0) is 78.9. The maximum absolute atomic E-state index is 13.1. The van der Waals surface area contributed by atoms with Gasteiger partial charge in [0.2, 0.25) is 0 Å². The number of carbonyl (C=O) groups is 4. The van der Waals surface area contributed by atoms with Crippen LogP contribution in [-0.4, -0.2) is 96.7 Å². The molecule has 0 spiro atoms. The van der Waals surface area contributed by atoms with Gasteiger partial charge in [-0.25, -0.2) is 9.13 Å². The molecule has 3 N–H and O–H groups in total. The topological polar surface area (TPSA) is 237 Å². The summed E-state index contributed by atoms with van der Waals surface area (Å²) in [5.41, 5.74) is 0. The molecule has 0 aromatic heterocycles. The Morgan fingerprint density at radius 2 is 0.481 bits per heavy atom. The average molecular weight is 1550 g/mol. The molecule has 5 unspecified atom stereocenters. The highest BCUT2D eigenvalue weighted by Crippen LogP contribution is 2.45. The molecule has 0 radical (unpaired) electrons. The van der Waals surface area contributed by atoms with E-state index < -0.39 is 97.5 Å². The third-order valence-electron chi connectivity index (χ3n) is 16.7. The van der Waals surface area contributed by atoms with Crippen LogP contribution in [0.25, 0.3) is 0 Å². The van der Waals surface area contributed by atoms with Crippen LogP contribution >= 0.6 is 15.6 Å². The summed E-state index contributed by atoms with van der Waals surface area (Å²) in [5.74, 6) is -2.29.